The largest absolute Gasteiger partial charge is 0.378 e. The quantitative estimate of drug-likeness (QED) is 0.568. The van der Waals surface area contributed by atoms with Gasteiger partial charge in [0.1, 0.15) is 10.7 Å². The van der Waals surface area contributed by atoms with Crippen LogP contribution < -0.4 is 10.9 Å². The van der Waals surface area contributed by atoms with Gasteiger partial charge in [-0.05, 0) is 24.1 Å². The monoisotopic (exact) mass is 347 g/mol. The number of aryl methyl sites for hydroxylation is 1. The Morgan fingerprint density at radius 1 is 1.08 bits per heavy atom. The number of hydrogen-bond donors (Lipinski definition) is 2. The standard InChI is InChI=1S/C20H17N3OS/c1-13-7-5-6-10-16(13)21-11-17-22-19(24)18-15(12-25-20(18)23-17)14-8-3-2-4-9-14/h2-10,12,21H,11H2,1H3,(H,22,23,24). The minimum atomic E-state index is -0.0910. The number of rotatable bonds is 4. The van der Waals surface area contributed by atoms with Crippen LogP contribution in [0.25, 0.3) is 21.3 Å². The Hall–Kier alpha value is -2.92. The molecule has 0 atom stereocenters. The smallest absolute Gasteiger partial charge is 0.260 e. The van der Waals surface area contributed by atoms with Crippen LogP contribution in [0.5, 0.6) is 0 Å². The van der Waals surface area contributed by atoms with E-state index in [1.165, 1.54) is 11.3 Å². The number of benzene rings is 2. The number of nitrogens with zero attached hydrogens (tertiary/aromatic N) is 1. The molecule has 5 heteroatoms. The highest BCUT2D eigenvalue weighted by atomic mass is 32.1. The van der Waals surface area contributed by atoms with Gasteiger partial charge in [-0.3, -0.25) is 4.79 Å². The van der Waals surface area contributed by atoms with Crippen molar-refractivity contribution in [1.29, 1.82) is 0 Å². The van der Waals surface area contributed by atoms with Gasteiger partial charge in [0.25, 0.3) is 5.56 Å². The third kappa shape index (κ3) is 3.06. The maximum Gasteiger partial charge on any atom is 0.260 e. The molecule has 0 saturated heterocycles. The molecular weight excluding hydrogens is 330 g/mol. The summed E-state index contributed by atoms with van der Waals surface area (Å²) in [7, 11) is 0. The molecule has 2 heterocycles. The number of H-pyrrole nitrogens is 1. The summed E-state index contributed by atoms with van der Waals surface area (Å²) in [6.07, 6.45) is 0. The van der Waals surface area contributed by atoms with E-state index < -0.39 is 0 Å². The van der Waals surface area contributed by atoms with E-state index in [0.717, 1.165) is 27.2 Å². The van der Waals surface area contributed by atoms with Crippen molar-refractivity contribution in [2.45, 2.75) is 13.5 Å². The number of thiophene rings is 1. The molecule has 2 N–H and O–H groups in total. The van der Waals surface area contributed by atoms with Gasteiger partial charge in [-0.2, -0.15) is 0 Å². The van der Waals surface area contributed by atoms with Crippen LogP contribution in [0.2, 0.25) is 0 Å². The van der Waals surface area contributed by atoms with Crippen LogP contribution in [0.4, 0.5) is 5.69 Å². The van der Waals surface area contributed by atoms with E-state index in [9.17, 15) is 4.79 Å². The van der Waals surface area contributed by atoms with Crippen LogP contribution in [0.1, 0.15) is 11.4 Å². The maximum atomic E-state index is 12.6. The van der Waals surface area contributed by atoms with Crippen LogP contribution >= 0.6 is 11.3 Å². The fourth-order valence-electron chi connectivity index (χ4n) is 2.86. The average molecular weight is 347 g/mol. The summed E-state index contributed by atoms with van der Waals surface area (Å²) in [4.78, 5) is 20.9. The van der Waals surface area contributed by atoms with Gasteiger partial charge in [0.15, 0.2) is 0 Å². The van der Waals surface area contributed by atoms with Crippen LogP contribution in [0.15, 0.2) is 64.8 Å². The fraction of sp³-hybridized carbons (Fsp3) is 0.100. The third-order valence-electron chi connectivity index (χ3n) is 4.17. The second-order valence-corrected chi connectivity index (χ2v) is 6.73. The lowest BCUT2D eigenvalue weighted by molar-refractivity contribution is 0.955. The number of aromatic nitrogens is 2. The highest BCUT2D eigenvalue weighted by Gasteiger charge is 2.12. The molecule has 2 aromatic carbocycles. The zero-order chi connectivity index (χ0) is 17.2. The molecule has 0 unspecified atom stereocenters. The van der Waals surface area contributed by atoms with E-state index in [1.54, 1.807) is 0 Å². The number of fused-ring (bicyclic) bond motifs is 1. The molecular formula is C20H17N3OS. The molecule has 0 saturated carbocycles. The molecule has 4 nitrogen and oxygen atoms in total. The molecule has 0 radical (unpaired) electrons. The number of aromatic amines is 1. The van der Waals surface area contributed by atoms with Crippen LogP contribution in [0, 0.1) is 6.92 Å². The Morgan fingerprint density at radius 3 is 2.64 bits per heavy atom. The molecule has 25 heavy (non-hydrogen) atoms. The molecule has 2 aromatic heterocycles. The van der Waals surface area contributed by atoms with Gasteiger partial charge in [0.2, 0.25) is 0 Å². The zero-order valence-electron chi connectivity index (χ0n) is 13.7. The highest BCUT2D eigenvalue weighted by molar-refractivity contribution is 7.17. The van der Waals surface area contributed by atoms with Crippen LogP contribution in [-0.4, -0.2) is 9.97 Å². The number of anilines is 1. The summed E-state index contributed by atoms with van der Waals surface area (Å²) in [5.74, 6) is 0.641. The van der Waals surface area contributed by atoms with Gasteiger partial charge in [-0.1, -0.05) is 48.5 Å². The van der Waals surface area contributed by atoms with E-state index in [1.807, 2.05) is 66.9 Å². The van der Waals surface area contributed by atoms with Crippen molar-refractivity contribution in [3.05, 3.63) is 81.7 Å². The first-order chi connectivity index (χ1) is 12.2. The molecule has 0 bridgehead atoms. The van der Waals surface area contributed by atoms with Gasteiger partial charge in [-0.25, -0.2) is 4.98 Å². The molecule has 0 spiro atoms. The van der Waals surface area contributed by atoms with Gasteiger partial charge < -0.3 is 10.3 Å². The Bertz CT molecular complexity index is 1080. The minimum Gasteiger partial charge on any atom is -0.378 e. The topological polar surface area (TPSA) is 57.8 Å². The third-order valence-corrected chi connectivity index (χ3v) is 5.04. The normalized spacial score (nSPS) is 10.9. The minimum absolute atomic E-state index is 0.0910. The second kappa shape index (κ2) is 6.53. The predicted octanol–water partition coefficient (Wildman–Crippen LogP) is 4.57. The summed E-state index contributed by atoms with van der Waals surface area (Å²) in [6, 6.07) is 18.0. The van der Waals surface area contributed by atoms with Crippen molar-refractivity contribution in [3.8, 4) is 11.1 Å². The first kappa shape index (κ1) is 15.6. The van der Waals surface area contributed by atoms with Crippen molar-refractivity contribution in [2.75, 3.05) is 5.32 Å². The maximum absolute atomic E-state index is 12.6. The number of hydrogen-bond acceptors (Lipinski definition) is 4. The van der Waals surface area contributed by atoms with Crippen molar-refractivity contribution in [3.63, 3.8) is 0 Å². The highest BCUT2D eigenvalue weighted by Crippen LogP contribution is 2.30. The van der Waals surface area contributed by atoms with Crippen LogP contribution in [0.3, 0.4) is 0 Å². The lowest BCUT2D eigenvalue weighted by Gasteiger charge is -2.08. The SMILES string of the molecule is Cc1ccccc1NCc1nc2scc(-c3ccccc3)c2c(=O)[nH]1. The fourth-order valence-corrected chi connectivity index (χ4v) is 3.82. The molecule has 0 fully saturated rings. The van der Waals surface area contributed by atoms with Gasteiger partial charge >= 0.3 is 0 Å². The molecule has 0 amide bonds. The zero-order valence-corrected chi connectivity index (χ0v) is 14.6. The van der Waals surface area contributed by atoms with Gasteiger partial charge in [-0.15, -0.1) is 11.3 Å². The van der Waals surface area contributed by atoms with E-state index >= 15 is 0 Å². The lowest BCUT2D eigenvalue weighted by atomic mass is 10.1. The Balaban J connectivity index is 1.67. The van der Waals surface area contributed by atoms with E-state index in [0.29, 0.717) is 17.8 Å². The molecule has 0 aliphatic heterocycles. The molecule has 124 valence electrons. The summed E-state index contributed by atoms with van der Waals surface area (Å²) in [5, 5.41) is 6.00. The molecule has 4 rings (SSSR count). The summed E-state index contributed by atoms with van der Waals surface area (Å²) in [5.41, 5.74) is 4.08. The van der Waals surface area contributed by atoms with Crippen LogP contribution in [-0.2, 0) is 6.54 Å². The number of para-hydroxylation sites is 1. The van der Waals surface area contributed by atoms with E-state index in [4.69, 9.17) is 0 Å². The first-order valence-corrected chi connectivity index (χ1v) is 8.95. The first-order valence-electron chi connectivity index (χ1n) is 8.07. The van der Waals surface area contributed by atoms with E-state index in [-0.39, 0.29) is 5.56 Å². The Morgan fingerprint density at radius 2 is 1.84 bits per heavy atom. The van der Waals surface area contributed by atoms with Crippen molar-refractivity contribution in [1.82, 2.24) is 9.97 Å². The average Bonchev–Trinajstić information content (AvgIpc) is 3.06. The molecule has 0 aliphatic carbocycles. The Labute approximate surface area is 149 Å². The molecule has 0 aliphatic rings. The summed E-state index contributed by atoms with van der Waals surface area (Å²) in [6.45, 7) is 2.53. The van der Waals surface area contributed by atoms with Gasteiger partial charge in [0, 0.05) is 16.6 Å². The van der Waals surface area contributed by atoms with E-state index in [2.05, 4.69) is 15.3 Å². The van der Waals surface area contributed by atoms with Gasteiger partial charge in [0.05, 0.1) is 11.9 Å². The second-order valence-electron chi connectivity index (χ2n) is 5.88. The van der Waals surface area contributed by atoms with Crippen molar-refractivity contribution < 1.29 is 0 Å². The number of nitrogens with one attached hydrogen (secondary N) is 2. The van der Waals surface area contributed by atoms with Crippen molar-refractivity contribution in [2.24, 2.45) is 0 Å². The Kier molecular flexibility index (Phi) is 4.07. The van der Waals surface area contributed by atoms with Crippen molar-refractivity contribution >= 4 is 27.2 Å². The summed E-state index contributed by atoms with van der Waals surface area (Å²) >= 11 is 1.50. The predicted molar refractivity (Wildman–Crippen MR) is 104 cm³/mol. The molecule has 4 aromatic rings. The summed E-state index contributed by atoms with van der Waals surface area (Å²) < 4.78 is 0. The lowest BCUT2D eigenvalue weighted by Crippen LogP contribution is -2.14.